The van der Waals surface area contributed by atoms with Crippen LogP contribution in [0.3, 0.4) is 0 Å². The van der Waals surface area contributed by atoms with Crippen LogP contribution in [0.1, 0.15) is 16.2 Å². The summed E-state index contributed by atoms with van der Waals surface area (Å²) in [7, 11) is 0. The van der Waals surface area contributed by atoms with Crippen molar-refractivity contribution in [1.29, 1.82) is 0 Å². The van der Waals surface area contributed by atoms with E-state index in [9.17, 15) is 18.0 Å². The fourth-order valence-electron chi connectivity index (χ4n) is 1.31. The van der Waals surface area contributed by atoms with E-state index in [0.29, 0.717) is 4.47 Å². The zero-order chi connectivity index (χ0) is 12.8. The highest BCUT2D eigenvalue weighted by Gasteiger charge is 2.40. The van der Waals surface area contributed by atoms with Crippen LogP contribution in [0.4, 0.5) is 13.2 Å². The summed E-state index contributed by atoms with van der Waals surface area (Å²) in [6.45, 7) is 0. The average Bonchev–Trinajstić information content (AvgIpc) is 2.55. The van der Waals surface area contributed by atoms with Crippen molar-refractivity contribution < 1.29 is 23.1 Å². The van der Waals surface area contributed by atoms with E-state index < -0.39 is 23.5 Å². The summed E-state index contributed by atoms with van der Waals surface area (Å²) in [4.78, 5) is 17.6. The number of fused-ring (bicyclic) bond motifs is 1. The number of halogens is 4. The molecule has 5 nitrogen and oxygen atoms in total. The predicted molar refractivity (Wildman–Crippen MR) is 52.6 cm³/mol. The van der Waals surface area contributed by atoms with Gasteiger partial charge in [-0.3, -0.25) is 4.40 Å². The van der Waals surface area contributed by atoms with E-state index in [1.54, 1.807) is 0 Å². The van der Waals surface area contributed by atoms with Crippen molar-refractivity contribution in [2.45, 2.75) is 6.18 Å². The maximum Gasteiger partial charge on any atom is 0.435 e. The van der Waals surface area contributed by atoms with Gasteiger partial charge in [0.1, 0.15) is 0 Å². The first-order chi connectivity index (χ1) is 7.80. The first-order valence-corrected chi connectivity index (χ1v) is 4.94. The first kappa shape index (κ1) is 11.8. The van der Waals surface area contributed by atoms with Gasteiger partial charge in [0.2, 0.25) is 5.78 Å². The van der Waals surface area contributed by atoms with Crippen LogP contribution in [0.15, 0.2) is 16.9 Å². The van der Waals surface area contributed by atoms with Crippen LogP contribution in [-0.2, 0) is 6.18 Å². The van der Waals surface area contributed by atoms with Crippen molar-refractivity contribution in [1.82, 2.24) is 14.4 Å². The van der Waals surface area contributed by atoms with Crippen molar-refractivity contribution in [3.8, 4) is 0 Å². The van der Waals surface area contributed by atoms with E-state index in [0.717, 1.165) is 10.6 Å². The maximum atomic E-state index is 12.6. The number of carbonyl (C=O) groups is 1. The van der Waals surface area contributed by atoms with Crippen LogP contribution < -0.4 is 0 Å². The van der Waals surface area contributed by atoms with Gasteiger partial charge in [-0.25, -0.2) is 14.8 Å². The zero-order valence-corrected chi connectivity index (χ0v) is 9.45. The summed E-state index contributed by atoms with van der Waals surface area (Å²) in [5, 5.41) is 8.80. The number of carboxylic acid groups (broad SMARTS) is 1. The lowest BCUT2D eigenvalue weighted by atomic mass is 10.3. The lowest BCUT2D eigenvalue weighted by Gasteiger charge is -2.03. The molecular formula is C8H3BrF3N3O2. The van der Waals surface area contributed by atoms with Gasteiger partial charge in [0.25, 0.3) is 0 Å². The second-order valence-electron chi connectivity index (χ2n) is 3.05. The van der Waals surface area contributed by atoms with Gasteiger partial charge in [-0.2, -0.15) is 13.2 Å². The van der Waals surface area contributed by atoms with Gasteiger partial charge in [0.15, 0.2) is 11.4 Å². The summed E-state index contributed by atoms with van der Waals surface area (Å²) in [5.74, 6) is -2.04. The molecule has 0 atom stereocenters. The Morgan fingerprint density at radius 3 is 2.65 bits per heavy atom. The molecule has 17 heavy (non-hydrogen) atoms. The lowest BCUT2D eigenvalue weighted by Crippen LogP contribution is -2.13. The van der Waals surface area contributed by atoms with Crippen molar-refractivity contribution >= 4 is 27.7 Å². The topological polar surface area (TPSA) is 67.5 Å². The Kier molecular flexibility index (Phi) is 2.57. The molecule has 0 saturated heterocycles. The number of hydrogen-bond acceptors (Lipinski definition) is 3. The molecule has 90 valence electrons. The minimum Gasteiger partial charge on any atom is -0.476 e. The average molecular weight is 310 g/mol. The molecular weight excluding hydrogens is 307 g/mol. The summed E-state index contributed by atoms with van der Waals surface area (Å²) in [5.41, 5.74) is -2.42. The highest BCUT2D eigenvalue weighted by Crippen LogP contribution is 2.31. The smallest absolute Gasteiger partial charge is 0.435 e. The van der Waals surface area contributed by atoms with Crippen molar-refractivity contribution in [2.75, 3.05) is 0 Å². The largest absolute Gasteiger partial charge is 0.476 e. The van der Waals surface area contributed by atoms with Crippen LogP contribution in [0, 0.1) is 0 Å². The standard InChI is InChI=1S/C8H3BrF3N3O2/c9-3-1-13-7-14-5(8(10,11)12)4(6(16)17)15(7)2-3/h1-2H,(H,16,17). The monoisotopic (exact) mass is 309 g/mol. The minimum atomic E-state index is -4.84. The van der Waals surface area contributed by atoms with E-state index in [4.69, 9.17) is 5.11 Å². The van der Waals surface area contributed by atoms with E-state index in [1.165, 1.54) is 6.20 Å². The summed E-state index contributed by atoms with van der Waals surface area (Å²) < 4.78 is 38.8. The van der Waals surface area contributed by atoms with Crippen molar-refractivity contribution in [3.05, 3.63) is 28.3 Å². The number of nitrogens with zero attached hydrogens (tertiary/aromatic N) is 3. The van der Waals surface area contributed by atoms with Crippen LogP contribution in [0.25, 0.3) is 5.78 Å². The summed E-state index contributed by atoms with van der Waals surface area (Å²) in [6.07, 6.45) is -2.45. The molecule has 2 heterocycles. The molecule has 0 aromatic carbocycles. The number of aromatic carboxylic acids is 1. The van der Waals surface area contributed by atoms with Crippen LogP contribution in [0.2, 0.25) is 0 Å². The van der Waals surface area contributed by atoms with E-state index >= 15 is 0 Å². The van der Waals surface area contributed by atoms with E-state index in [-0.39, 0.29) is 5.78 Å². The Morgan fingerprint density at radius 2 is 2.12 bits per heavy atom. The third-order valence-corrected chi connectivity index (χ3v) is 2.33. The van der Waals surface area contributed by atoms with Crippen molar-refractivity contribution in [2.24, 2.45) is 0 Å². The quantitative estimate of drug-likeness (QED) is 0.877. The van der Waals surface area contributed by atoms with Crippen LogP contribution >= 0.6 is 15.9 Å². The Labute approximate surface area is 100 Å². The second kappa shape index (κ2) is 3.69. The second-order valence-corrected chi connectivity index (χ2v) is 3.97. The van der Waals surface area contributed by atoms with Gasteiger partial charge in [0.05, 0.1) is 4.47 Å². The lowest BCUT2D eigenvalue weighted by molar-refractivity contribution is -0.141. The van der Waals surface area contributed by atoms with E-state index in [1.807, 2.05) is 0 Å². The molecule has 0 radical (unpaired) electrons. The third kappa shape index (κ3) is 1.97. The molecule has 0 aliphatic carbocycles. The number of imidazole rings is 1. The van der Waals surface area contributed by atoms with Gasteiger partial charge in [-0.05, 0) is 15.9 Å². The summed E-state index contributed by atoms with van der Waals surface area (Å²) >= 11 is 2.99. The fraction of sp³-hybridized carbons (Fsp3) is 0.125. The zero-order valence-electron chi connectivity index (χ0n) is 7.86. The SMILES string of the molecule is O=C(O)c1c(C(F)(F)F)nc2ncc(Br)cn12. The Balaban J connectivity index is 2.86. The molecule has 2 aromatic rings. The molecule has 0 unspecified atom stereocenters. The Morgan fingerprint density at radius 1 is 1.47 bits per heavy atom. The van der Waals surface area contributed by atoms with Crippen molar-refractivity contribution in [3.63, 3.8) is 0 Å². The molecule has 1 N–H and O–H groups in total. The Hall–Kier alpha value is -1.64. The summed E-state index contributed by atoms with van der Waals surface area (Å²) in [6, 6.07) is 0. The molecule has 0 bridgehead atoms. The minimum absolute atomic E-state index is 0.321. The number of alkyl halides is 3. The molecule has 0 amide bonds. The van der Waals surface area contributed by atoms with Crippen LogP contribution in [0.5, 0.6) is 0 Å². The molecule has 2 aromatic heterocycles. The molecule has 0 saturated carbocycles. The fourth-order valence-corrected chi connectivity index (χ4v) is 1.62. The van der Waals surface area contributed by atoms with Crippen LogP contribution in [-0.4, -0.2) is 25.4 Å². The molecule has 9 heteroatoms. The van der Waals surface area contributed by atoms with E-state index in [2.05, 4.69) is 25.9 Å². The van der Waals surface area contributed by atoms with Gasteiger partial charge in [0, 0.05) is 12.4 Å². The molecule has 0 spiro atoms. The van der Waals surface area contributed by atoms with Gasteiger partial charge in [-0.1, -0.05) is 0 Å². The van der Waals surface area contributed by atoms with Gasteiger partial charge in [-0.15, -0.1) is 0 Å². The molecule has 0 aliphatic rings. The molecule has 2 rings (SSSR count). The highest BCUT2D eigenvalue weighted by molar-refractivity contribution is 9.10. The Bertz CT molecular complexity index is 608. The number of rotatable bonds is 1. The van der Waals surface area contributed by atoms with Gasteiger partial charge >= 0.3 is 12.1 Å². The first-order valence-electron chi connectivity index (χ1n) is 4.15. The number of carboxylic acids is 1. The van der Waals surface area contributed by atoms with Gasteiger partial charge < -0.3 is 5.11 Å². The number of hydrogen-bond donors (Lipinski definition) is 1. The highest BCUT2D eigenvalue weighted by atomic mass is 79.9. The molecule has 0 aliphatic heterocycles. The molecule has 0 fully saturated rings. The number of aromatic nitrogens is 3. The maximum absolute atomic E-state index is 12.6. The normalized spacial score (nSPS) is 12.0. The predicted octanol–water partition coefficient (Wildman–Crippen LogP) is 2.21. The third-order valence-electron chi connectivity index (χ3n) is 1.92.